The minimum atomic E-state index is -0.679. The zero-order valence-corrected chi connectivity index (χ0v) is 15.3. The van der Waals surface area contributed by atoms with Crippen molar-refractivity contribution < 1.29 is 9.59 Å². The summed E-state index contributed by atoms with van der Waals surface area (Å²) in [5.74, 6) is 0.0179. The van der Waals surface area contributed by atoms with Crippen LogP contribution in [0.15, 0.2) is 24.3 Å². The summed E-state index contributed by atoms with van der Waals surface area (Å²) in [4.78, 5) is 28.1. The van der Waals surface area contributed by atoms with E-state index in [4.69, 9.17) is 0 Å². The summed E-state index contributed by atoms with van der Waals surface area (Å²) in [6.45, 7) is 0.821. The maximum absolute atomic E-state index is 12.7. The van der Waals surface area contributed by atoms with Gasteiger partial charge in [-0.3, -0.25) is 9.59 Å². The van der Waals surface area contributed by atoms with Gasteiger partial charge in [-0.05, 0) is 31.4 Å². The Morgan fingerprint density at radius 1 is 1.27 bits per heavy atom. The average molecular weight is 354 g/mol. The van der Waals surface area contributed by atoms with Gasteiger partial charge in [-0.2, -0.15) is 5.26 Å². The first-order chi connectivity index (χ1) is 12.6. The van der Waals surface area contributed by atoms with E-state index in [-0.39, 0.29) is 18.4 Å². The summed E-state index contributed by atoms with van der Waals surface area (Å²) in [6, 6.07) is 9.95. The summed E-state index contributed by atoms with van der Waals surface area (Å²) in [5.41, 5.74) is 0.916. The topological polar surface area (TPSA) is 76.4 Å². The van der Waals surface area contributed by atoms with Crippen molar-refractivity contribution in [3.8, 4) is 6.07 Å². The lowest BCUT2D eigenvalue weighted by molar-refractivity contribution is -0.132. The molecule has 1 aliphatic heterocycles. The molecule has 1 aromatic carbocycles. The van der Waals surface area contributed by atoms with Crippen molar-refractivity contribution in [1.29, 1.82) is 5.26 Å². The Kier molecular flexibility index (Phi) is 5.46. The van der Waals surface area contributed by atoms with Crippen molar-refractivity contribution in [2.75, 3.05) is 30.4 Å². The molecule has 0 spiro atoms. The van der Waals surface area contributed by atoms with Crippen LogP contribution in [-0.4, -0.2) is 42.4 Å². The molecule has 0 unspecified atom stereocenters. The molecule has 3 rings (SSSR count). The molecule has 0 radical (unpaired) electrons. The Hall–Kier alpha value is -2.55. The van der Waals surface area contributed by atoms with E-state index in [9.17, 15) is 14.9 Å². The zero-order chi connectivity index (χ0) is 18.6. The fourth-order valence-electron chi connectivity index (χ4n) is 3.95. The highest BCUT2D eigenvalue weighted by molar-refractivity contribution is 5.98. The normalized spacial score (nSPS) is 19.1. The van der Waals surface area contributed by atoms with Crippen molar-refractivity contribution in [2.24, 2.45) is 0 Å². The average Bonchev–Trinajstić information content (AvgIpc) is 3.12. The monoisotopic (exact) mass is 354 g/mol. The molecule has 1 N–H and O–H groups in total. The van der Waals surface area contributed by atoms with Crippen LogP contribution in [-0.2, 0) is 9.59 Å². The Labute approximate surface area is 154 Å². The lowest BCUT2D eigenvalue weighted by atomic mass is 9.81. The zero-order valence-electron chi connectivity index (χ0n) is 15.3. The molecule has 1 saturated heterocycles. The van der Waals surface area contributed by atoms with Crippen molar-refractivity contribution in [2.45, 2.75) is 50.5 Å². The van der Waals surface area contributed by atoms with Crippen LogP contribution >= 0.6 is 0 Å². The first-order valence-electron chi connectivity index (χ1n) is 9.38. The van der Waals surface area contributed by atoms with Crippen LogP contribution < -0.4 is 10.2 Å². The largest absolute Gasteiger partial charge is 0.374 e. The van der Waals surface area contributed by atoms with Crippen LogP contribution in [0.5, 0.6) is 0 Å². The number of carbonyl (C=O) groups excluding carboxylic acids is 2. The molecule has 1 aliphatic carbocycles. The molecule has 1 heterocycles. The van der Waals surface area contributed by atoms with Crippen LogP contribution in [0.25, 0.3) is 0 Å². The van der Waals surface area contributed by atoms with Crippen molar-refractivity contribution in [3.63, 3.8) is 0 Å². The minimum absolute atomic E-state index is 0.101. The minimum Gasteiger partial charge on any atom is -0.374 e. The van der Waals surface area contributed by atoms with Crippen LogP contribution in [0.1, 0.15) is 44.9 Å². The maximum Gasteiger partial charge on any atom is 0.242 e. The number of carbonyl (C=O) groups is 2. The number of hydrogen-bond acceptors (Lipinski definition) is 4. The number of para-hydroxylation sites is 2. The summed E-state index contributed by atoms with van der Waals surface area (Å²) in [5, 5.41) is 12.8. The number of anilines is 2. The first kappa shape index (κ1) is 18.2. The predicted octanol–water partition coefficient (Wildman–Crippen LogP) is 2.91. The van der Waals surface area contributed by atoms with Crippen LogP contribution in [0.3, 0.4) is 0 Å². The fraction of sp³-hybridized carbons (Fsp3) is 0.550. The summed E-state index contributed by atoms with van der Waals surface area (Å²) < 4.78 is 0. The van der Waals surface area contributed by atoms with Gasteiger partial charge in [0.2, 0.25) is 11.8 Å². The van der Waals surface area contributed by atoms with E-state index in [0.29, 0.717) is 13.0 Å². The van der Waals surface area contributed by atoms with Gasteiger partial charge < -0.3 is 15.1 Å². The second-order valence-corrected chi connectivity index (χ2v) is 7.18. The van der Waals surface area contributed by atoms with Crippen molar-refractivity contribution >= 4 is 23.2 Å². The van der Waals surface area contributed by atoms with E-state index in [1.807, 2.05) is 24.3 Å². The highest BCUT2D eigenvalue weighted by Gasteiger charge is 2.38. The van der Waals surface area contributed by atoms with Gasteiger partial charge in [0.1, 0.15) is 5.54 Å². The van der Waals surface area contributed by atoms with E-state index < -0.39 is 5.54 Å². The van der Waals surface area contributed by atoms with Gasteiger partial charge in [0.05, 0.1) is 24.0 Å². The van der Waals surface area contributed by atoms with E-state index in [1.165, 1.54) is 0 Å². The molecule has 138 valence electrons. The Morgan fingerprint density at radius 2 is 2.00 bits per heavy atom. The SMILES string of the molecule is CN(C(=O)CNc1ccccc1N1CCCC1=O)C1(C#N)CCCCC1. The lowest BCUT2D eigenvalue weighted by Crippen LogP contribution is -2.51. The van der Waals surface area contributed by atoms with Crippen LogP contribution in [0.2, 0.25) is 0 Å². The van der Waals surface area contributed by atoms with Gasteiger partial charge in [-0.25, -0.2) is 0 Å². The van der Waals surface area contributed by atoms with Gasteiger partial charge in [0.15, 0.2) is 0 Å². The molecule has 2 amide bonds. The molecule has 1 aromatic rings. The van der Waals surface area contributed by atoms with E-state index in [2.05, 4.69) is 11.4 Å². The number of hydrogen-bond donors (Lipinski definition) is 1. The van der Waals surface area contributed by atoms with E-state index in [0.717, 1.165) is 49.9 Å². The third kappa shape index (κ3) is 3.52. The fourth-order valence-corrected chi connectivity index (χ4v) is 3.95. The molecular formula is C20H26N4O2. The standard InChI is InChI=1S/C20H26N4O2/c1-23(20(15-21)11-5-2-6-12-20)19(26)14-22-16-8-3-4-9-17(16)24-13-7-10-18(24)25/h3-4,8-9,22H,2,5-7,10-14H2,1H3. The number of nitrogens with one attached hydrogen (secondary N) is 1. The molecule has 2 fully saturated rings. The first-order valence-corrected chi connectivity index (χ1v) is 9.38. The van der Waals surface area contributed by atoms with Crippen LogP contribution in [0.4, 0.5) is 11.4 Å². The highest BCUT2D eigenvalue weighted by Crippen LogP contribution is 2.33. The smallest absolute Gasteiger partial charge is 0.242 e. The number of nitriles is 1. The van der Waals surface area contributed by atoms with E-state index in [1.54, 1.807) is 16.8 Å². The number of nitrogens with zero attached hydrogens (tertiary/aromatic N) is 3. The van der Waals surface area contributed by atoms with Gasteiger partial charge in [-0.1, -0.05) is 31.4 Å². The number of amides is 2. The molecule has 6 heteroatoms. The van der Waals surface area contributed by atoms with Gasteiger partial charge in [0, 0.05) is 20.0 Å². The summed E-state index contributed by atoms with van der Waals surface area (Å²) in [6.07, 6.45) is 6.01. The lowest BCUT2D eigenvalue weighted by Gasteiger charge is -2.39. The number of benzene rings is 1. The Balaban J connectivity index is 1.68. The Morgan fingerprint density at radius 3 is 2.65 bits per heavy atom. The highest BCUT2D eigenvalue weighted by atomic mass is 16.2. The molecule has 0 bridgehead atoms. The second-order valence-electron chi connectivity index (χ2n) is 7.18. The van der Waals surface area contributed by atoms with Crippen molar-refractivity contribution in [1.82, 2.24) is 4.90 Å². The molecule has 1 saturated carbocycles. The van der Waals surface area contributed by atoms with Gasteiger partial charge in [0.25, 0.3) is 0 Å². The summed E-state index contributed by atoms with van der Waals surface area (Å²) in [7, 11) is 1.73. The van der Waals surface area contributed by atoms with Gasteiger partial charge in [-0.15, -0.1) is 0 Å². The third-order valence-electron chi connectivity index (χ3n) is 5.60. The van der Waals surface area contributed by atoms with Crippen molar-refractivity contribution in [3.05, 3.63) is 24.3 Å². The quantitative estimate of drug-likeness (QED) is 0.882. The maximum atomic E-state index is 12.7. The second kappa shape index (κ2) is 7.77. The molecule has 6 nitrogen and oxygen atoms in total. The van der Waals surface area contributed by atoms with Crippen LogP contribution in [0, 0.1) is 11.3 Å². The molecule has 2 aliphatic rings. The third-order valence-corrected chi connectivity index (χ3v) is 5.60. The molecular weight excluding hydrogens is 328 g/mol. The number of rotatable bonds is 5. The van der Waals surface area contributed by atoms with E-state index >= 15 is 0 Å². The molecule has 0 aromatic heterocycles. The van der Waals surface area contributed by atoms with Gasteiger partial charge >= 0.3 is 0 Å². The summed E-state index contributed by atoms with van der Waals surface area (Å²) >= 11 is 0. The molecule has 0 atom stereocenters. The number of likely N-dealkylation sites (N-methyl/N-ethyl adjacent to an activating group) is 1. The predicted molar refractivity (Wildman–Crippen MR) is 101 cm³/mol. The Bertz CT molecular complexity index is 719. The molecule has 26 heavy (non-hydrogen) atoms.